The van der Waals surface area contributed by atoms with Crippen molar-refractivity contribution in [1.82, 2.24) is 15.0 Å². The second-order valence-corrected chi connectivity index (χ2v) is 7.57. The summed E-state index contributed by atoms with van der Waals surface area (Å²) in [6, 6.07) is 20.0. The molecule has 0 aliphatic carbocycles. The zero-order valence-corrected chi connectivity index (χ0v) is 16.1. The normalized spacial score (nSPS) is 20.8. The highest BCUT2D eigenvalue weighted by atomic mass is 16.5. The third kappa shape index (κ3) is 4.49. The lowest BCUT2D eigenvalue weighted by Crippen LogP contribution is -2.30. The minimum absolute atomic E-state index is 0.651. The van der Waals surface area contributed by atoms with Crippen molar-refractivity contribution in [3.8, 4) is 11.4 Å². The van der Waals surface area contributed by atoms with Gasteiger partial charge in [-0.05, 0) is 44.3 Å². The largest absolute Gasteiger partial charge is 0.385 e. The smallest absolute Gasteiger partial charge is 0.227 e. The van der Waals surface area contributed by atoms with E-state index in [0.717, 1.165) is 62.9 Å². The summed E-state index contributed by atoms with van der Waals surface area (Å²) in [5.41, 5.74) is 1.31. The van der Waals surface area contributed by atoms with Crippen LogP contribution in [0.1, 0.15) is 37.1 Å². The zero-order chi connectivity index (χ0) is 19.2. The van der Waals surface area contributed by atoms with E-state index in [0.29, 0.717) is 11.7 Å². The molecule has 5 heteroatoms. The molecule has 4 rings (SSSR count). The van der Waals surface area contributed by atoms with E-state index in [1.165, 1.54) is 0 Å². The van der Waals surface area contributed by atoms with E-state index in [-0.39, 0.29) is 0 Å². The first-order valence-corrected chi connectivity index (χ1v) is 10.1. The first-order chi connectivity index (χ1) is 13.7. The van der Waals surface area contributed by atoms with Gasteiger partial charge in [0.25, 0.3) is 0 Å². The molecular weight excluding hydrogens is 350 g/mol. The van der Waals surface area contributed by atoms with Crippen molar-refractivity contribution in [2.24, 2.45) is 0 Å². The molecule has 0 unspecified atom stereocenters. The van der Waals surface area contributed by atoms with Gasteiger partial charge in [-0.15, -0.1) is 0 Å². The summed E-state index contributed by atoms with van der Waals surface area (Å²) < 4.78 is 5.40. The number of hydrogen-bond donors (Lipinski definition) is 1. The van der Waals surface area contributed by atoms with Crippen LogP contribution in [0.25, 0.3) is 11.4 Å². The van der Waals surface area contributed by atoms with Crippen molar-refractivity contribution in [3.05, 3.63) is 72.1 Å². The van der Waals surface area contributed by atoms with Gasteiger partial charge < -0.3 is 14.5 Å². The third-order valence-electron chi connectivity index (χ3n) is 5.58. The number of aliphatic hydroxyl groups is 1. The maximum Gasteiger partial charge on any atom is 0.227 e. The average molecular weight is 377 g/mol. The number of rotatable bonds is 6. The van der Waals surface area contributed by atoms with Crippen LogP contribution < -0.4 is 0 Å². The van der Waals surface area contributed by atoms with Crippen LogP contribution in [0.4, 0.5) is 0 Å². The molecule has 2 aromatic carbocycles. The highest BCUT2D eigenvalue weighted by Crippen LogP contribution is 2.32. The molecule has 2 heterocycles. The quantitative estimate of drug-likeness (QED) is 0.702. The first kappa shape index (κ1) is 18.8. The van der Waals surface area contributed by atoms with Crippen LogP contribution in [-0.4, -0.2) is 39.8 Å². The van der Waals surface area contributed by atoms with E-state index in [1.807, 2.05) is 60.7 Å². The van der Waals surface area contributed by atoms with Crippen LogP contribution >= 0.6 is 0 Å². The molecule has 1 aromatic heterocycles. The Hall–Kier alpha value is -2.50. The van der Waals surface area contributed by atoms with E-state index < -0.39 is 5.60 Å². The van der Waals surface area contributed by atoms with Crippen LogP contribution in [0.3, 0.4) is 0 Å². The highest BCUT2D eigenvalue weighted by Gasteiger charge is 2.31. The molecule has 1 saturated heterocycles. The topological polar surface area (TPSA) is 62.4 Å². The summed E-state index contributed by atoms with van der Waals surface area (Å²) in [5, 5.41) is 15.2. The molecule has 1 aliphatic heterocycles. The Morgan fingerprint density at radius 1 is 0.964 bits per heavy atom. The number of hydrogen-bond acceptors (Lipinski definition) is 5. The standard InChI is InChI=1S/C23H27N3O2/c27-23(20-11-5-2-6-12-20)14-8-17-26(18-15-23)16-7-13-21-24-22(25-28-21)19-9-3-1-4-10-19/h1-6,9-12,27H,7-8,13-18H2/t23-/m0/s1. The maximum absolute atomic E-state index is 11.1. The lowest BCUT2D eigenvalue weighted by Gasteiger charge is -2.27. The lowest BCUT2D eigenvalue weighted by molar-refractivity contribution is 0.0212. The van der Waals surface area contributed by atoms with E-state index in [4.69, 9.17) is 4.52 Å². The molecule has 0 amide bonds. The second-order valence-electron chi connectivity index (χ2n) is 7.57. The van der Waals surface area contributed by atoms with Crippen molar-refractivity contribution in [2.45, 2.75) is 37.7 Å². The number of nitrogens with zero attached hydrogens (tertiary/aromatic N) is 3. The Labute approximate surface area is 166 Å². The van der Waals surface area contributed by atoms with Gasteiger partial charge in [0.2, 0.25) is 11.7 Å². The molecule has 0 radical (unpaired) electrons. The van der Waals surface area contributed by atoms with E-state index in [2.05, 4.69) is 15.0 Å². The predicted octanol–water partition coefficient (Wildman–Crippen LogP) is 4.04. The van der Waals surface area contributed by atoms with Crippen LogP contribution in [0.2, 0.25) is 0 Å². The summed E-state index contributed by atoms with van der Waals surface area (Å²) in [4.78, 5) is 6.95. The van der Waals surface area contributed by atoms with Crippen LogP contribution in [0, 0.1) is 0 Å². The highest BCUT2D eigenvalue weighted by molar-refractivity contribution is 5.53. The van der Waals surface area contributed by atoms with Crippen molar-refractivity contribution in [1.29, 1.82) is 0 Å². The SMILES string of the molecule is O[C@@]1(c2ccccc2)CCCN(CCCc2nc(-c3ccccc3)no2)CC1. The fourth-order valence-electron chi connectivity index (χ4n) is 3.95. The van der Waals surface area contributed by atoms with Crippen molar-refractivity contribution in [3.63, 3.8) is 0 Å². The van der Waals surface area contributed by atoms with Gasteiger partial charge in [-0.25, -0.2) is 0 Å². The van der Waals surface area contributed by atoms with Gasteiger partial charge in [-0.2, -0.15) is 4.98 Å². The molecule has 146 valence electrons. The number of benzene rings is 2. The summed E-state index contributed by atoms with van der Waals surface area (Å²) in [6.07, 6.45) is 4.34. The van der Waals surface area contributed by atoms with E-state index in [1.54, 1.807) is 0 Å². The molecule has 1 atom stereocenters. The Morgan fingerprint density at radius 2 is 1.71 bits per heavy atom. The third-order valence-corrected chi connectivity index (χ3v) is 5.58. The van der Waals surface area contributed by atoms with Crippen molar-refractivity contribution in [2.75, 3.05) is 19.6 Å². The number of aryl methyl sites for hydroxylation is 1. The molecule has 0 bridgehead atoms. The summed E-state index contributed by atoms with van der Waals surface area (Å²) in [7, 11) is 0. The number of aromatic nitrogens is 2. The molecule has 3 aromatic rings. The van der Waals surface area contributed by atoms with Crippen LogP contribution in [0.15, 0.2) is 65.2 Å². The fourth-order valence-corrected chi connectivity index (χ4v) is 3.95. The van der Waals surface area contributed by atoms with Gasteiger partial charge in [-0.3, -0.25) is 0 Å². The molecule has 5 nitrogen and oxygen atoms in total. The second kappa shape index (κ2) is 8.67. The number of likely N-dealkylation sites (tertiary alicyclic amines) is 1. The lowest BCUT2D eigenvalue weighted by atomic mass is 9.87. The summed E-state index contributed by atoms with van der Waals surface area (Å²) in [6.45, 7) is 2.91. The van der Waals surface area contributed by atoms with Crippen LogP contribution in [-0.2, 0) is 12.0 Å². The molecule has 1 fully saturated rings. The summed E-state index contributed by atoms with van der Waals surface area (Å²) >= 11 is 0. The maximum atomic E-state index is 11.1. The van der Waals surface area contributed by atoms with E-state index >= 15 is 0 Å². The first-order valence-electron chi connectivity index (χ1n) is 10.1. The van der Waals surface area contributed by atoms with Crippen molar-refractivity contribution < 1.29 is 9.63 Å². The van der Waals surface area contributed by atoms with Gasteiger partial charge >= 0.3 is 0 Å². The van der Waals surface area contributed by atoms with Gasteiger partial charge in [0.1, 0.15) is 0 Å². The van der Waals surface area contributed by atoms with Gasteiger partial charge in [0.05, 0.1) is 5.60 Å². The van der Waals surface area contributed by atoms with Gasteiger partial charge in [0.15, 0.2) is 0 Å². The predicted molar refractivity (Wildman–Crippen MR) is 109 cm³/mol. The molecule has 1 aliphatic rings. The van der Waals surface area contributed by atoms with Gasteiger partial charge in [-0.1, -0.05) is 65.8 Å². The summed E-state index contributed by atoms with van der Waals surface area (Å²) in [5.74, 6) is 1.34. The Kier molecular flexibility index (Phi) is 5.84. The Balaban J connectivity index is 1.28. The molecule has 1 N–H and O–H groups in total. The molecule has 0 spiro atoms. The van der Waals surface area contributed by atoms with Crippen LogP contribution in [0.5, 0.6) is 0 Å². The molecule has 28 heavy (non-hydrogen) atoms. The minimum atomic E-state index is -0.701. The van der Waals surface area contributed by atoms with Crippen molar-refractivity contribution >= 4 is 0 Å². The zero-order valence-electron chi connectivity index (χ0n) is 16.1. The average Bonchev–Trinajstić information content (AvgIpc) is 3.13. The van der Waals surface area contributed by atoms with E-state index in [9.17, 15) is 5.11 Å². The van der Waals surface area contributed by atoms with Gasteiger partial charge in [0, 0.05) is 18.5 Å². The monoisotopic (exact) mass is 377 g/mol. The Bertz CT molecular complexity index is 866. The fraction of sp³-hybridized carbons (Fsp3) is 0.391. The Morgan fingerprint density at radius 3 is 2.50 bits per heavy atom. The minimum Gasteiger partial charge on any atom is -0.385 e. The molecule has 0 saturated carbocycles. The molecular formula is C23H27N3O2.